The van der Waals surface area contributed by atoms with Crippen LogP contribution in [0.25, 0.3) is 0 Å². The zero-order valence-corrected chi connectivity index (χ0v) is 16.2. The summed E-state index contributed by atoms with van der Waals surface area (Å²) in [6.07, 6.45) is 0.140. The van der Waals surface area contributed by atoms with Crippen molar-refractivity contribution in [2.45, 2.75) is 31.8 Å². The largest absolute Gasteiger partial charge is 0.508 e. The van der Waals surface area contributed by atoms with Crippen LogP contribution in [0.4, 0.5) is 5.69 Å². The van der Waals surface area contributed by atoms with Crippen LogP contribution < -0.4 is 10.9 Å². The van der Waals surface area contributed by atoms with Gasteiger partial charge < -0.3 is 20.6 Å². The van der Waals surface area contributed by atoms with Crippen molar-refractivity contribution >= 4 is 11.6 Å². The van der Waals surface area contributed by atoms with Crippen molar-refractivity contribution in [3.8, 4) is 5.75 Å². The van der Waals surface area contributed by atoms with Crippen molar-refractivity contribution in [3.05, 3.63) is 81.3 Å². The molecule has 0 aliphatic heterocycles. The molecule has 5 N–H and O–H groups in total. The van der Waals surface area contributed by atoms with Gasteiger partial charge in [0.15, 0.2) is 0 Å². The molecule has 1 aromatic heterocycles. The third-order valence-corrected chi connectivity index (χ3v) is 5.68. The van der Waals surface area contributed by atoms with E-state index in [0.717, 1.165) is 5.56 Å². The number of benzene rings is 2. The number of fused-ring (bicyclic) bond motifs is 1. The van der Waals surface area contributed by atoms with Crippen LogP contribution in [0.5, 0.6) is 5.75 Å². The van der Waals surface area contributed by atoms with Gasteiger partial charge in [0.2, 0.25) is 5.91 Å². The van der Waals surface area contributed by atoms with E-state index >= 15 is 0 Å². The SMILES string of the molecule is Cc1ccccc1NC(=O)[C@H]1[C@H](c2ccc(O)cc2)c2c([nH][nH]c2=O)C[C@@]1(C)O. The monoisotopic (exact) mass is 393 g/mol. The number of aliphatic hydroxyl groups is 1. The van der Waals surface area contributed by atoms with E-state index in [1.165, 1.54) is 12.1 Å². The number of aromatic nitrogens is 2. The molecule has 29 heavy (non-hydrogen) atoms. The molecule has 0 bridgehead atoms. The second-order valence-electron chi connectivity index (χ2n) is 7.86. The Morgan fingerprint density at radius 3 is 2.52 bits per heavy atom. The van der Waals surface area contributed by atoms with Crippen LogP contribution >= 0.6 is 0 Å². The van der Waals surface area contributed by atoms with E-state index in [4.69, 9.17) is 0 Å². The molecule has 1 amide bonds. The number of carbonyl (C=O) groups excluding carboxylic acids is 1. The fourth-order valence-electron chi connectivity index (χ4n) is 4.26. The summed E-state index contributed by atoms with van der Waals surface area (Å²) in [5, 5.41) is 29.2. The summed E-state index contributed by atoms with van der Waals surface area (Å²) in [5.74, 6) is -1.86. The van der Waals surface area contributed by atoms with Gasteiger partial charge in [0.25, 0.3) is 5.56 Å². The summed E-state index contributed by atoms with van der Waals surface area (Å²) in [7, 11) is 0. The summed E-state index contributed by atoms with van der Waals surface area (Å²) in [6, 6.07) is 13.8. The average Bonchev–Trinajstić information content (AvgIpc) is 3.02. The zero-order chi connectivity index (χ0) is 20.8. The van der Waals surface area contributed by atoms with Crippen LogP contribution in [0.2, 0.25) is 0 Å². The molecule has 1 heterocycles. The molecule has 0 saturated carbocycles. The summed E-state index contributed by atoms with van der Waals surface area (Å²) in [4.78, 5) is 25.9. The van der Waals surface area contributed by atoms with Gasteiger partial charge in [-0.1, -0.05) is 30.3 Å². The van der Waals surface area contributed by atoms with Gasteiger partial charge in [-0.05, 0) is 43.2 Å². The molecule has 7 nitrogen and oxygen atoms in total. The maximum atomic E-state index is 13.4. The molecule has 0 radical (unpaired) electrons. The molecule has 3 atom stereocenters. The van der Waals surface area contributed by atoms with Gasteiger partial charge in [0, 0.05) is 29.3 Å². The van der Waals surface area contributed by atoms with Gasteiger partial charge in [-0.25, -0.2) is 0 Å². The van der Waals surface area contributed by atoms with Crippen molar-refractivity contribution in [3.63, 3.8) is 0 Å². The van der Waals surface area contributed by atoms with Gasteiger partial charge >= 0.3 is 0 Å². The van der Waals surface area contributed by atoms with Crippen molar-refractivity contribution in [1.29, 1.82) is 0 Å². The number of hydrogen-bond acceptors (Lipinski definition) is 4. The minimum absolute atomic E-state index is 0.0837. The molecule has 2 aromatic carbocycles. The maximum absolute atomic E-state index is 13.4. The number of amides is 1. The predicted octanol–water partition coefficient (Wildman–Crippen LogP) is 2.41. The first kappa shape index (κ1) is 19.0. The highest BCUT2D eigenvalue weighted by molar-refractivity contribution is 5.95. The Labute approximate surface area is 167 Å². The number of aromatic hydroxyl groups is 1. The van der Waals surface area contributed by atoms with E-state index in [-0.39, 0.29) is 23.6 Å². The third kappa shape index (κ3) is 3.34. The summed E-state index contributed by atoms with van der Waals surface area (Å²) >= 11 is 0. The van der Waals surface area contributed by atoms with Crippen molar-refractivity contribution in [1.82, 2.24) is 10.2 Å². The number of para-hydroxylation sites is 1. The molecule has 1 aliphatic carbocycles. The van der Waals surface area contributed by atoms with Crippen LogP contribution in [0.1, 0.15) is 35.2 Å². The van der Waals surface area contributed by atoms with Crippen molar-refractivity contribution in [2.24, 2.45) is 5.92 Å². The Morgan fingerprint density at radius 1 is 1.14 bits per heavy atom. The number of aromatic amines is 2. The van der Waals surface area contributed by atoms with E-state index in [1.54, 1.807) is 25.1 Å². The maximum Gasteiger partial charge on any atom is 0.267 e. The highest BCUT2D eigenvalue weighted by Crippen LogP contribution is 2.44. The Bertz CT molecular complexity index is 1110. The van der Waals surface area contributed by atoms with Crippen LogP contribution in [-0.4, -0.2) is 31.9 Å². The molecule has 0 spiro atoms. The Morgan fingerprint density at radius 2 is 1.83 bits per heavy atom. The molecule has 0 unspecified atom stereocenters. The van der Waals surface area contributed by atoms with E-state index in [9.17, 15) is 19.8 Å². The lowest BCUT2D eigenvalue weighted by atomic mass is 9.66. The number of H-pyrrole nitrogens is 2. The topological polar surface area (TPSA) is 118 Å². The minimum Gasteiger partial charge on any atom is -0.508 e. The quantitative estimate of drug-likeness (QED) is 0.470. The standard InChI is InChI=1S/C22H23N3O4/c1-12-5-3-4-6-15(12)23-21(28)19-17(13-7-9-14(26)10-8-13)18-16(11-22(19,2)29)24-25-20(18)27/h3-10,17,19,26,29H,11H2,1-2H3,(H,23,28)(H2,24,25,27)/t17-,19-,22-/m1/s1. The summed E-state index contributed by atoms with van der Waals surface area (Å²) in [5.41, 5.74) is 1.53. The number of phenolic OH excluding ortho intramolecular Hbond substituents is 1. The Balaban J connectivity index is 1.83. The fourth-order valence-corrected chi connectivity index (χ4v) is 4.26. The molecular formula is C22H23N3O4. The second-order valence-corrected chi connectivity index (χ2v) is 7.86. The molecule has 150 valence electrons. The van der Waals surface area contributed by atoms with Crippen LogP contribution in [-0.2, 0) is 11.2 Å². The molecule has 1 aliphatic rings. The molecule has 7 heteroatoms. The van der Waals surface area contributed by atoms with Gasteiger partial charge in [0.1, 0.15) is 5.75 Å². The summed E-state index contributed by atoms with van der Waals surface area (Å²) in [6.45, 7) is 3.50. The van der Waals surface area contributed by atoms with Crippen molar-refractivity contribution in [2.75, 3.05) is 5.32 Å². The fraction of sp³-hybridized carbons (Fsp3) is 0.273. The van der Waals surface area contributed by atoms with Crippen LogP contribution in [0, 0.1) is 12.8 Å². The van der Waals surface area contributed by atoms with Gasteiger partial charge in [0.05, 0.1) is 11.5 Å². The molecular weight excluding hydrogens is 370 g/mol. The molecule has 0 saturated heterocycles. The zero-order valence-electron chi connectivity index (χ0n) is 16.2. The number of nitrogens with one attached hydrogen (secondary N) is 3. The summed E-state index contributed by atoms with van der Waals surface area (Å²) < 4.78 is 0. The predicted molar refractivity (Wildman–Crippen MR) is 109 cm³/mol. The first-order chi connectivity index (χ1) is 13.8. The van der Waals surface area contributed by atoms with E-state index in [2.05, 4.69) is 15.5 Å². The first-order valence-electron chi connectivity index (χ1n) is 9.45. The van der Waals surface area contributed by atoms with E-state index < -0.39 is 17.4 Å². The number of anilines is 1. The molecule has 0 fully saturated rings. The first-order valence-corrected chi connectivity index (χ1v) is 9.45. The molecule has 4 rings (SSSR count). The van der Waals surface area contributed by atoms with Crippen molar-refractivity contribution < 1.29 is 15.0 Å². The molecule has 3 aromatic rings. The lowest BCUT2D eigenvalue weighted by Crippen LogP contribution is -2.51. The third-order valence-electron chi connectivity index (χ3n) is 5.68. The van der Waals surface area contributed by atoms with Gasteiger partial charge in [-0.3, -0.25) is 14.7 Å². The van der Waals surface area contributed by atoms with Gasteiger partial charge in [-0.15, -0.1) is 0 Å². The average molecular weight is 393 g/mol. The van der Waals surface area contributed by atoms with E-state index in [1.807, 2.05) is 25.1 Å². The highest BCUT2D eigenvalue weighted by Gasteiger charge is 2.50. The number of carbonyl (C=O) groups is 1. The number of hydrogen-bond donors (Lipinski definition) is 5. The number of aryl methyl sites for hydroxylation is 1. The number of rotatable bonds is 3. The second kappa shape index (κ2) is 6.93. The van der Waals surface area contributed by atoms with Crippen LogP contribution in [0.15, 0.2) is 53.3 Å². The normalized spacial score (nSPS) is 23.4. The Kier molecular flexibility index (Phi) is 4.55. The lowest BCUT2D eigenvalue weighted by Gasteiger charge is -2.41. The smallest absolute Gasteiger partial charge is 0.267 e. The van der Waals surface area contributed by atoms with E-state index in [0.29, 0.717) is 22.5 Å². The minimum atomic E-state index is -1.40. The Hall–Kier alpha value is -3.32. The van der Waals surface area contributed by atoms with Gasteiger partial charge in [-0.2, -0.15) is 0 Å². The number of phenols is 1. The van der Waals surface area contributed by atoms with Crippen LogP contribution in [0.3, 0.4) is 0 Å². The lowest BCUT2D eigenvalue weighted by molar-refractivity contribution is -0.130. The highest BCUT2D eigenvalue weighted by atomic mass is 16.3.